The maximum Gasteiger partial charge on any atom is 0.191 e. The summed E-state index contributed by atoms with van der Waals surface area (Å²) < 4.78 is 11.1. The van der Waals surface area contributed by atoms with Gasteiger partial charge in [0.1, 0.15) is 0 Å². The number of aliphatic imine (C=N–C) groups is 1. The molecule has 120 valence electrons. The molecule has 0 saturated carbocycles. The predicted octanol–water partition coefficient (Wildman–Crippen LogP) is 2.15. The Labute approximate surface area is 140 Å². The fourth-order valence-corrected chi connectivity index (χ4v) is 1.91. The number of nitrogens with zero attached hydrogens (tertiary/aromatic N) is 1. The van der Waals surface area contributed by atoms with E-state index in [2.05, 4.69) is 36.4 Å². The van der Waals surface area contributed by atoms with Crippen LogP contribution >= 0.6 is 24.0 Å². The van der Waals surface area contributed by atoms with E-state index in [0.717, 1.165) is 45.2 Å². The fraction of sp³-hybridized carbons (Fsp3) is 0.929. The number of guanidine groups is 1. The van der Waals surface area contributed by atoms with Gasteiger partial charge in [0.05, 0.1) is 12.7 Å². The van der Waals surface area contributed by atoms with Crippen molar-refractivity contribution in [2.24, 2.45) is 4.99 Å². The summed E-state index contributed by atoms with van der Waals surface area (Å²) in [5, 5.41) is 6.60. The van der Waals surface area contributed by atoms with E-state index in [-0.39, 0.29) is 29.5 Å². The van der Waals surface area contributed by atoms with E-state index in [0.29, 0.717) is 6.10 Å². The lowest BCUT2D eigenvalue weighted by molar-refractivity contribution is 0.0168. The lowest BCUT2D eigenvalue weighted by Crippen LogP contribution is -2.47. The quantitative estimate of drug-likeness (QED) is 0.311. The minimum absolute atomic E-state index is 0. The van der Waals surface area contributed by atoms with E-state index in [1.54, 1.807) is 7.05 Å². The summed E-state index contributed by atoms with van der Waals surface area (Å²) in [4.78, 5) is 4.19. The molecule has 1 rings (SSSR count). The number of hydrogen-bond donors (Lipinski definition) is 2. The molecule has 5 nitrogen and oxygen atoms in total. The third-order valence-corrected chi connectivity index (χ3v) is 2.80. The SMILES string of the molecule is CN=C(NCCCOCC1CCCO1)NC(C)(C)C.I. The number of hydrogen-bond acceptors (Lipinski definition) is 3. The van der Waals surface area contributed by atoms with Crippen LogP contribution in [0.1, 0.15) is 40.0 Å². The van der Waals surface area contributed by atoms with E-state index in [9.17, 15) is 0 Å². The van der Waals surface area contributed by atoms with Gasteiger partial charge in [-0.1, -0.05) is 0 Å². The molecule has 1 atom stereocenters. The topological polar surface area (TPSA) is 54.9 Å². The average molecular weight is 399 g/mol. The third kappa shape index (κ3) is 9.77. The van der Waals surface area contributed by atoms with Gasteiger partial charge in [-0.15, -0.1) is 24.0 Å². The van der Waals surface area contributed by atoms with E-state index in [4.69, 9.17) is 9.47 Å². The smallest absolute Gasteiger partial charge is 0.191 e. The summed E-state index contributed by atoms with van der Waals surface area (Å²) in [5.74, 6) is 0.839. The van der Waals surface area contributed by atoms with Crippen LogP contribution in [0.2, 0.25) is 0 Å². The highest BCUT2D eigenvalue weighted by atomic mass is 127. The minimum atomic E-state index is 0. The maximum atomic E-state index is 5.61. The Hall–Kier alpha value is -0.0800. The molecule has 0 spiro atoms. The van der Waals surface area contributed by atoms with Crippen molar-refractivity contribution in [3.05, 3.63) is 0 Å². The van der Waals surface area contributed by atoms with Crippen LogP contribution in [0.4, 0.5) is 0 Å². The van der Waals surface area contributed by atoms with Gasteiger partial charge in [-0.05, 0) is 40.0 Å². The number of ether oxygens (including phenoxy) is 2. The van der Waals surface area contributed by atoms with Gasteiger partial charge in [-0.25, -0.2) is 0 Å². The standard InChI is InChI=1S/C14H29N3O2.HI/c1-14(2,3)17-13(15-4)16-8-6-9-18-11-12-7-5-10-19-12;/h12H,5-11H2,1-4H3,(H2,15,16,17);1H. The molecule has 1 heterocycles. The van der Waals surface area contributed by atoms with Crippen LogP contribution in [0.25, 0.3) is 0 Å². The molecule has 0 amide bonds. The molecule has 0 aromatic rings. The molecule has 1 unspecified atom stereocenters. The molecule has 0 aromatic carbocycles. The molecular formula is C14H30IN3O2. The van der Waals surface area contributed by atoms with Crippen molar-refractivity contribution >= 4 is 29.9 Å². The first-order valence-corrected chi connectivity index (χ1v) is 7.19. The van der Waals surface area contributed by atoms with Gasteiger partial charge in [-0.3, -0.25) is 4.99 Å². The lowest BCUT2D eigenvalue weighted by Gasteiger charge is -2.23. The first kappa shape index (κ1) is 19.9. The molecule has 0 bridgehead atoms. The molecule has 1 fully saturated rings. The van der Waals surface area contributed by atoms with Crippen LogP contribution in [0.15, 0.2) is 4.99 Å². The van der Waals surface area contributed by atoms with Crippen molar-refractivity contribution in [2.75, 3.05) is 33.4 Å². The normalized spacial score (nSPS) is 19.6. The molecule has 2 N–H and O–H groups in total. The molecule has 20 heavy (non-hydrogen) atoms. The van der Waals surface area contributed by atoms with Crippen molar-refractivity contribution in [3.63, 3.8) is 0 Å². The summed E-state index contributed by atoms with van der Waals surface area (Å²) in [6.07, 6.45) is 3.60. The Bertz CT molecular complexity index is 274. The van der Waals surface area contributed by atoms with Crippen molar-refractivity contribution in [1.29, 1.82) is 0 Å². The zero-order chi connectivity index (χ0) is 14.1. The molecule has 0 aromatic heterocycles. The first-order valence-electron chi connectivity index (χ1n) is 7.19. The number of nitrogens with one attached hydrogen (secondary N) is 2. The van der Waals surface area contributed by atoms with Crippen molar-refractivity contribution in [2.45, 2.75) is 51.7 Å². The van der Waals surface area contributed by atoms with Gasteiger partial charge in [0.15, 0.2) is 5.96 Å². The van der Waals surface area contributed by atoms with E-state index in [1.807, 2.05) is 0 Å². The first-order chi connectivity index (χ1) is 9.01. The second-order valence-corrected chi connectivity index (χ2v) is 5.94. The van der Waals surface area contributed by atoms with Gasteiger partial charge in [-0.2, -0.15) is 0 Å². The zero-order valence-corrected chi connectivity index (χ0v) is 15.5. The van der Waals surface area contributed by atoms with Crippen LogP contribution in [-0.4, -0.2) is 51.0 Å². The fourth-order valence-electron chi connectivity index (χ4n) is 1.91. The van der Waals surface area contributed by atoms with Crippen molar-refractivity contribution in [3.8, 4) is 0 Å². The second kappa shape index (κ2) is 10.6. The molecule has 6 heteroatoms. The predicted molar refractivity (Wildman–Crippen MR) is 94.1 cm³/mol. The van der Waals surface area contributed by atoms with Crippen LogP contribution in [0.3, 0.4) is 0 Å². The molecule has 1 aliphatic heterocycles. The summed E-state index contributed by atoms with van der Waals surface area (Å²) in [6, 6.07) is 0. The van der Waals surface area contributed by atoms with Gasteiger partial charge in [0, 0.05) is 32.3 Å². The van der Waals surface area contributed by atoms with Gasteiger partial charge >= 0.3 is 0 Å². The summed E-state index contributed by atoms with van der Waals surface area (Å²) in [7, 11) is 1.79. The Morgan fingerprint density at radius 1 is 1.40 bits per heavy atom. The Morgan fingerprint density at radius 2 is 2.15 bits per heavy atom. The second-order valence-electron chi connectivity index (χ2n) is 5.94. The van der Waals surface area contributed by atoms with Crippen LogP contribution in [0.5, 0.6) is 0 Å². The molecular weight excluding hydrogens is 369 g/mol. The monoisotopic (exact) mass is 399 g/mol. The largest absolute Gasteiger partial charge is 0.379 e. The maximum absolute atomic E-state index is 5.61. The highest BCUT2D eigenvalue weighted by molar-refractivity contribution is 14.0. The van der Waals surface area contributed by atoms with Crippen LogP contribution < -0.4 is 10.6 Å². The Kier molecular flexibility index (Phi) is 10.6. The average Bonchev–Trinajstić information content (AvgIpc) is 2.83. The van der Waals surface area contributed by atoms with Gasteiger partial charge in [0.2, 0.25) is 0 Å². The summed E-state index contributed by atoms with van der Waals surface area (Å²) >= 11 is 0. The number of halogens is 1. The van der Waals surface area contributed by atoms with Crippen LogP contribution in [-0.2, 0) is 9.47 Å². The lowest BCUT2D eigenvalue weighted by atomic mass is 10.1. The van der Waals surface area contributed by atoms with E-state index < -0.39 is 0 Å². The molecule has 1 saturated heterocycles. The zero-order valence-electron chi connectivity index (χ0n) is 13.2. The van der Waals surface area contributed by atoms with Gasteiger partial charge < -0.3 is 20.1 Å². The minimum Gasteiger partial charge on any atom is -0.379 e. The highest BCUT2D eigenvalue weighted by Gasteiger charge is 2.15. The Morgan fingerprint density at radius 3 is 2.70 bits per heavy atom. The van der Waals surface area contributed by atoms with Gasteiger partial charge in [0.25, 0.3) is 0 Å². The van der Waals surface area contributed by atoms with Crippen molar-refractivity contribution < 1.29 is 9.47 Å². The molecule has 0 aliphatic carbocycles. The summed E-state index contributed by atoms with van der Waals surface area (Å²) in [6.45, 7) is 9.60. The third-order valence-electron chi connectivity index (χ3n) is 2.80. The highest BCUT2D eigenvalue weighted by Crippen LogP contribution is 2.11. The molecule has 0 radical (unpaired) electrons. The van der Waals surface area contributed by atoms with Crippen molar-refractivity contribution in [1.82, 2.24) is 10.6 Å². The van der Waals surface area contributed by atoms with Crippen LogP contribution in [0, 0.1) is 0 Å². The van der Waals surface area contributed by atoms with E-state index >= 15 is 0 Å². The Balaban J connectivity index is 0.00000361. The summed E-state index contributed by atoms with van der Waals surface area (Å²) in [5.41, 5.74) is 0.0259. The molecule has 1 aliphatic rings. The van der Waals surface area contributed by atoms with E-state index in [1.165, 1.54) is 6.42 Å². The number of rotatable bonds is 6.